The number of carbonyl (C=O) groups excluding carboxylic acids is 1. The number of fused-ring (bicyclic) bond motifs is 1. The van der Waals surface area contributed by atoms with Crippen LogP contribution >= 0.6 is 0 Å². The van der Waals surface area contributed by atoms with E-state index in [0.717, 1.165) is 43.6 Å². The van der Waals surface area contributed by atoms with Crippen LogP contribution in [0.1, 0.15) is 37.8 Å². The number of hydrogen-bond donors (Lipinski definition) is 1. The second kappa shape index (κ2) is 5.48. The first-order chi connectivity index (χ1) is 11.1. The van der Waals surface area contributed by atoms with Crippen LogP contribution in [0, 0.1) is 11.8 Å². The molecule has 1 saturated carbocycles. The lowest BCUT2D eigenvalue weighted by Crippen LogP contribution is -2.39. The van der Waals surface area contributed by atoms with E-state index in [1.807, 2.05) is 11.0 Å². The molecule has 5 nitrogen and oxygen atoms in total. The first-order valence-corrected chi connectivity index (χ1v) is 8.40. The van der Waals surface area contributed by atoms with Crippen molar-refractivity contribution in [3.05, 3.63) is 40.4 Å². The van der Waals surface area contributed by atoms with Gasteiger partial charge in [-0.25, -0.2) is 0 Å². The van der Waals surface area contributed by atoms with Gasteiger partial charge in [-0.2, -0.15) is 0 Å². The SMILES string of the molecule is C[C@@H]1C[C@H]1C(=O)N1CCC(c2cc3ncccc3c(=O)[nH]2)CC1. The van der Waals surface area contributed by atoms with Gasteiger partial charge in [0.15, 0.2) is 0 Å². The third-order valence-electron chi connectivity index (χ3n) is 5.31. The number of aromatic nitrogens is 2. The molecule has 1 aliphatic heterocycles. The molecule has 0 unspecified atom stereocenters. The average molecular weight is 311 g/mol. The molecule has 1 aliphatic carbocycles. The van der Waals surface area contributed by atoms with Crippen molar-refractivity contribution < 1.29 is 4.79 Å². The van der Waals surface area contributed by atoms with E-state index >= 15 is 0 Å². The van der Waals surface area contributed by atoms with Crippen LogP contribution in [0.15, 0.2) is 29.2 Å². The van der Waals surface area contributed by atoms with Crippen LogP contribution in [0.3, 0.4) is 0 Å². The largest absolute Gasteiger partial charge is 0.342 e. The van der Waals surface area contributed by atoms with Crippen LogP contribution in [0.2, 0.25) is 0 Å². The fourth-order valence-electron chi connectivity index (χ4n) is 3.64. The fraction of sp³-hybridized carbons (Fsp3) is 0.500. The molecule has 2 fully saturated rings. The van der Waals surface area contributed by atoms with Gasteiger partial charge in [0.2, 0.25) is 5.91 Å². The van der Waals surface area contributed by atoms with E-state index in [2.05, 4.69) is 16.9 Å². The fourth-order valence-corrected chi connectivity index (χ4v) is 3.64. The maximum Gasteiger partial charge on any atom is 0.257 e. The molecule has 2 aromatic rings. The molecule has 23 heavy (non-hydrogen) atoms. The van der Waals surface area contributed by atoms with Gasteiger partial charge in [-0.1, -0.05) is 6.92 Å². The third kappa shape index (κ3) is 2.64. The van der Waals surface area contributed by atoms with Gasteiger partial charge < -0.3 is 9.88 Å². The summed E-state index contributed by atoms with van der Waals surface area (Å²) in [4.78, 5) is 33.8. The second-order valence-electron chi connectivity index (χ2n) is 6.91. The van der Waals surface area contributed by atoms with Crippen LogP contribution in [-0.2, 0) is 4.79 Å². The molecular formula is C18H21N3O2. The number of piperidine rings is 1. The minimum Gasteiger partial charge on any atom is -0.342 e. The van der Waals surface area contributed by atoms with E-state index in [0.29, 0.717) is 23.1 Å². The van der Waals surface area contributed by atoms with Crippen LogP contribution in [-0.4, -0.2) is 33.9 Å². The molecule has 2 atom stereocenters. The van der Waals surface area contributed by atoms with Crippen molar-refractivity contribution in [2.75, 3.05) is 13.1 Å². The summed E-state index contributed by atoms with van der Waals surface area (Å²) in [6, 6.07) is 5.56. The Labute approximate surface area is 134 Å². The third-order valence-corrected chi connectivity index (χ3v) is 5.31. The molecular weight excluding hydrogens is 290 g/mol. The summed E-state index contributed by atoms with van der Waals surface area (Å²) in [6.45, 7) is 3.71. The maximum absolute atomic E-state index is 12.3. The number of H-pyrrole nitrogens is 1. The van der Waals surface area contributed by atoms with Crippen LogP contribution in [0.25, 0.3) is 10.9 Å². The Balaban J connectivity index is 1.50. The molecule has 120 valence electrons. The highest BCUT2D eigenvalue weighted by Crippen LogP contribution is 2.40. The van der Waals surface area contributed by atoms with Gasteiger partial charge in [-0.3, -0.25) is 14.6 Å². The molecule has 0 aromatic carbocycles. The second-order valence-corrected chi connectivity index (χ2v) is 6.91. The Bertz CT molecular complexity index is 805. The highest BCUT2D eigenvalue weighted by Gasteiger charge is 2.42. The predicted octanol–water partition coefficient (Wildman–Crippen LogP) is 2.29. The minimum atomic E-state index is -0.0732. The van der Waals surface area contributed by atoms with Gasteiger partial charge in [-0.15, -0.1) is 0 Å². The Kier molecular flexibility index (Phi) is 3.43. The van der Waals surface area contributed by atoms with Crippen molar-refractivity contribution in [2.45, 2.75) is 32.1 Å². The van der Waals surface area contributed by atoms with Crippen LogP contribution < -0.4 is 5.56 Å². The molecule has 4 rings (SSSR count). The van der Waals surface area contributed by atoms with Gasteiger partial charge in [0.05, 0.1) is 10.9 Å². The number of pyridine rings is 2. The van der Waals surface area contributed by atoms with Crippen molar-refractivity contribution in [2.24, 2.45) is 11.8 Å². The summed E-state index contributed by atoms with van der Waals surface area (Å²) in [5, 5.41) is 0.631. The van der Waals surface area contributed by atoms with Crippen molar-refractivity contribution in [3.63, 3.8) is 0 Å². The van der Waals surface area contributed by atoms with Crippen LogP contribution in [0.5, 0.6) is 0 Å². The molecule has 5 heteroatoms. The molecule has 1 saturated heterocycles. The summed E-state index contributed by atoms with van der Waals surface area (Å²) in [7, 11) is 0. The Morgan fingerprint density at radius 2 is 2.09 bits per heavy atom. The lowest BCUT2D eigenvalue weighted by molar-refractivity contribution is -0.133. The molecule has 2 aliphatic rings. The quantitative estimate of drug-likeness (QED) is 0.925. The summed E-state index contributed by atoms with van der Waals surface area (Å²) in [6.07, 6.45) is 4.56. The van der Waals surface area contributed by atoms with E-state index in [-0.39, 0.29) is 11.5 Å². The molecule has 2 aromatic heterocycles. The number of amides is 1. The summed E-state index contributed by atoms with van der Waals surface area (Å²) in [5.74, 6) is 1.44. The molecule has 1 N–H and O–H groups in total. The van der Waals surface area contributed by atoms with E-state index in [9.17, 15) is 9.59 Å². The van der Waals surface area contributed by atoms with Gasteiger partial charge in [-0.05, 0) is 43.4 Å². The predicted molar refractivity (Wildman–Crippen MR) is 88.2 cm³/mol. The number of likely N-dealkylation sites (tertiary alicyclic amines) is 1. The van der Waals surface area contributed by atoms with Crippen molar-refractivity contribution >= 4 is 16.8 Å². The maximum atomic E-state index is 12.3. The first kappa shape index (κ1) is 14.4. The van der Waals surface area contributed by atoms with Gasteiger partial charge in [0.25, 0.3) is 5.56 Å². The number of nitrogens with one attached hydrogen (secondary N) is 1. The molecule has 0 radical (unpaired) electrons. The zero-order valence-corrected chi connectivity index (χ0v) is 13.3. The number of hydrogen-bond acceptors (Lipinski definition) is 3. The number of carbonyl (C=O) groups is 1. The van der Waals surface area contributed by atoms with Gasteiger partial charge in [0, 0.05) is 36.8 Å². The Morgan fingerprint density at radius 3 is 2.78 bits per heavy atom. The lowest BCUT2D eigenvalue weighted by Gasteiger charge is -2.32. The minimum absolute atomic E-state index is 0.0732. The number of aromatic amines is 1. The zero-order valence-electron chi connectivity index (χ0n) is 13.3. The molecule has 0 bridgehead atoms. The Morgan fingerprint density at radius 1 is 1.35 bits per heavy atom. The highest BCUT2D eigenvalue weighted by molar-refractivity contribution is 5.81. The monoisotopic (exact) mass is 311 g/mol. The average Bonchev–Trinajstić information content (AvgIpc) is 3.31. The van der Waals surface area contributed by atoms with Crippen molar-refractivity contribution in [1.29, 1.82) is 0 Å². The first-order valence-electron chi connectivity index (χ1n) is 8.40. The van der Waals surface area contributed by atoms with E-state index in [4.69, 9.17) is 0 Å². The summed E-state index contributed by atoms with van der Waals surface area (Å²) < 4.78 is 0. The molecule has 0 spiro atoms. The smallest absolute Gasteiger partial charge is 0.257 e. The summed E-state index contributed by atoms with van der Waals surface area (Å²) in [5.41, 5.74) is 1.63. The normalized spacial score (nSPS) is 24.8. The number of nitrogens with zero attached hydrogens (tertiary/aromatic N) is 2. The molecule has 1 amide bonds. The molecule has 3 heterocycles. The standard InChI is InChI=1S/C18H21N3O2/c1-11-9-14(11)18(23)21-7-4-12(5-8-21)15-10-16-13(17(22)20-15)3-2-6-19-16/h2-3,6,10-12,14H,4-5,7-9H2,1H3,(H,20,22)/t11-,14-/m1/s1. The number of rotatable bonds is 2. The van der Waals surface area contributed by atoms with E-state index < -0.39 is 0 Å². The van der Waals surface area contributed by atoms with Gasteiger partial charge in [0.1, 0.15) is 0 Å². The van der Waals surface area contributed by atoms with E-state index in [1.54, 1.807) is 18.3 Å². The Hall–Kier alpha value is -2.17. The van der Waals surface area contributed by atoms with Crippen molar-refractivity contribution in [3.8, 4) is 0 Å². The zero-order chi connectivity index (χ0) is 16.0. The topological polar surface area (TPSA) is 66.1 Å². The van der Waals surface area contributed by atoms with Crippen LogP contribution in [0.4, 0.5) is 0 Å². The van der Waals surface area contributed by atoms with E-state index in [1.165, 1.54) is 0 Å². The van der Waals surface area contributed by atoms with Gasteiger partial charge >= 0.3 is 0 Å². The lowest BCUT2D eigenvalue weighted by atomic mass is 9.92. The van der Waals surface area contributed by atoms with Crippen molar-refractivity contribution in [1.82, 2.24) is 14.9 Å². The summed E-state index contributed by atoms with van der Waals surface area (Å²) >= 11 is 0. The highest BCUT2D eigenvalue weighted by atomic mass is 16.2.